The molecule has 9 heteroatoms. The smallest absolute Gasteiger partial charge is 0.264 e. The number of rotatable bonds is 6. The van der Waals surface area contributed by atoms with Gasteiger partial charge in [-0.25, -0.2) is 9.97 Å². The first-order valence-electron chi connectivity index (χ1n) is 10.5. The van der Waals surface area contributed by atoms with Crippen LogP contribution in [0.5, 0.6) is 0 Å². The van der Waals surface area contributed by atoms with E-state index in [9.17, 15) is 4.79 Å². The zero-order valence-corrected chi connectivity index (χ0v) is 18.5. The predicted molar refractivity (Wildman–Crippen MR) is 117 cm³/mol. The Balaban J connectivity index is 1.23. The number of likely N-dealkylation sites (tertiary alicyclic amines) is 1. The number of aromatic amines is 1. The Kier molecular flexibility index (Phi) is 5.03. The first-order chi connectivity index (χ1) is 14.2. The summed E-state index contributed by atoms with van der Waals surface area (Å²) in [5.74, 6) is 3.08. The zero-order chi connectivity index (χ0) is 20.0. The van der Waals surface area contributed by atoms with Crippen LogP contribution in [-0.2, 0) is 0 Å². The van der Waals surface area contributed by atoms with E-state index < -0.39 is 0 Å². The standard InChI is InChI=1S/C20H26N6OS2/c1-3-25(4-2)20-22-18-14(29-20)11-15(28-18)19(27)26-9-7-13(8-10-26)17-21-16(23-24-17)12-5-6-12/h11-13H,3-10H2,1-2H3,(H,21,23,24). The lowest BCUT2D eigenvalue weighted by Crippen LogP contribution is -2.37. The van der Waals surface area contributed by atoms with Crippen molar-refractivity contribution in [3.8, 4) is 0 Å². The van der Waals surface area contributed by atoms with Crippen LogP contribution >= 0.6 is 22.7 Å². The van der Waals surface area contributed by atoms with Crippen molar-refractivity contribution >= 4 is 43.2 Å². The van der Waals surface area contributed by atoms with Gasteiger partial charge in [0.25, 0.3) is 5.91 Å². The average molecular weight is 431 g/mol. The van der Waals surface area contributed by atoms with Crippen LogP contribution in [-0.4, -0.2) is 57.2 Å². The maximum absolute atomic E-state index is 13.0. The van der Waals surface area contributed by atoms with Crippen LogP contribution in [0.25, 0.3) is 9.53 Å². The van der Waals surface area contributed by atoms with Crippen LogP contribution in [0.4, 0.5) is 5.13 Å². The number of fused-ring (bicyclic) bond motifs is 1. The van der Waals surface area contributed by atoms with Gasteiger partial charge in [-0.3, -0.25) is 9.89 Å². The van der Waals surface area contributed by atoms with Crippen LogP contribution < -0.4 is 4.90 Å². The van der Waals surface area contributed by atoms with Gasteiger partial charge >= 0.3 is 0 Å². The van der Waals surface area contributed by atoms with Crippen LogP contribution in [0.1, 0.15) is 72.7 Å². The van der Waals surface area contributed by atoms with E-state index in [0.29, 0.717) is 11.8 Å². The van der Waals surface area contributed by atoms with E-state index in [4.69, 9.17) is 9.97 Å². The summed E-state index contributed by atoms with van der Waals surface area (Å²) in [5, 5.41) is 8.57. The number of amides is 1. The van der Waals surface area contributed by atoms with Gasteiger partial charge in [-0.1, -0.05) is 11.3 Å². The Hall–Kier alpha value is -2.00. The number of hydrogen-bond donors (Lipinski definition) is 1. The number of aromatic nitrogens is 4. The fourth-order valence-electron chi connectivity index (χ4n) is 3.97. The summed E-state index contributed by atoms with van der Waals surface area (Å²) in [4.78, 5) is 28.5. The lowest BCUT2D eigenvalue weighted by Gasteiger charge is -2.30. The van der Waals surface area contributed by atoms with E-state index in [0.717, 1.165) is 70.2 Å². The predicted octanol–water partition coefficient (Wildman–Crippen LogP) is 4.22. The molecule has 0 atom stereocenters. The van der Waals surface area contributed by atoms with Crippen molar-refractivity contribution in [1.82, 2.24) is 25.1 Å². The summed E-state index contributed by atoms with van der Waals surface area (Å²) < 4.78 is 1.12. The van der Waals surface area contributed by atoms with E-state index in [2.05, 4.69) is 28.9 Å². The molecule has 1 aliphatic carbocycles. The SMILES string of the molecule is CCN(CC)c1nc2sc(C(=O)N3CCC(c4nc(C5CC5)n[nH]4)CC3)cc2s1. The van der Waals surface area contributed by atoms with Crippen LogP contribution in [0.3, 0.4) is 0 Å². The van der Waals surface area contributed by atoms with Crippen LogP contribution in [0, 0.1) is 0 Å². The first kappa shape index (κ1) is 19.0. The van der Waals surface area contributed by atoms with Gasteiger partial charge < -0.3 is 9.80 Å². The molecule has 0 spiro atoms. The Morgan fingerprint density at radius 3 is 2.55 bits per heavy atom. The maximum Gasteiger partial charge on any atom is 0.264 e. The third kappa shape index (κ3) is 3.66. The van der Waals surface area contributed by atoms with Gasteiger partial charge in [0.05, 0.1) is 9.58 Å². The molecule has 0 unspecified atom stereocenters. The number of piperidine rings is 1. The molecule has 1 amide bonds. The summed E-state index contributed by atoms with van der Waals surface area (Å²) in [7, 11) is 0. The largest absolute Gasteiger partial charge is 0.349 e. The molecule has 2 fully saturated rings. The molecule has 1 N–H and O–H groups in total. The molecule has 0 bridgehead atoms. The number of thiazole rings is 1. The second-order valence-electron chi connectivity index (χ2n) is 7.87. The highest BCUT2D eigenvalue weighted by atomic mass is 32.1. The van der Waals surface area contributed by atoms with Crippen molar-refractivity contribution in [3.63, 3.8) is 0 Å². The quantitative estimate of drug-likeness (QED) is 0.633. The molecule has 29 heavy (non-hydrogen) atoms. The van der Waals surface area contributed by atoms with E-state index in [-0.39, 0.29) is 5.91 Å². The topological polar surface area (TPSA) is 78.0 Å². The van der Waals surface area contributed by atoms with Crippen molar-refractivity contribution in [2.45, 2.75) is 51.4 Å². The number of carbonyl (C=O) groups excluding carboxylic acids is 1. The van der Waals surface area contributed by atoms with Gasteiger partial charge in [0.2, 0.25) is 0 Å². The second kappa shape index (κ2) is 7.68. The highest BCUT2D eigenvalue weighted by Gasteiger charge is 2.31. The minimum atomic E-state index is 0.138. The molecule has 3 aromatic rings. The summed E-state index contributed by atoms with van der Waals surface area (Å²) >= 11 is 3.20. The van der Waals surface area contributed by atoms with Crippen molar-refractivity contribution < 1.29 is 4.79 Å². The number of carbonyl (C=O) groups is 1. The molecule has 1 saturated heterocycles. The lowest BCUT2D eigenvalue weighted by molar-refractivity contribution is 0.0716. The molecule has 2 aliphatic rings. The number of anilines is 1. The number of hydrogen-bond acceptors (Lipinski definition) is 7. The molecular formula is C20H26N6OS2. The van der Waals surface area contributed by atoms with Gasteiger partial charge in [-0.2, -0.15) is 5.10 Å². The maximum atomic E-state index is 13.0. The summed E-state index contributed by atoms with van der Waals surface area (Å²) in [6.45, 7) is 7.72. The molecule has 3 aromatic heterocycles. The summed E-state index contributed by atoms with van der Waals surface area (Å²) in [6, 6.07) is 2.03. The molecule has 0 aromatic carbocycles. The van der Waals surface area contributed by atoms with E-state index in [1.807, 2.05) is 11.0 Å². The van der Waals surface area contributed by atoms with Gasteiger partial charge in [-0.05, 0) is 45.6 Å². The summed E-state index contributed by atoms with van der Waals surface area (Å²) in [6.07, 6.45) is 4.31. The molecular weight excluding hydrogens is 404 g/mol. The van der Waals surface area contributed by atoms with Crippen molar-refractivity contribution in [2.75, 3.05) is 31.1 Å². The first-order valence-corrected chi connectivity index (χ1v) is 12.2. The van der Waals surface area contributed by atoms with Gasteiger partial charge in [0.15, 0.2) is 11.0 Å². The zero-order valence-electron chi connectivity index (χ0n) is 16.8. The lowest BCUT2D eigenvalue weighted by atomic mass is 9.96. The highest BCUT2D eigenvalue weighted by molar-refractivity contribution is 7.29. The molecule has 4 heterocycles. The minimum absolute atomic E-state index is 0.138. The fourth-order valence-corrected chi connectivity index (χ4v) is 6.27. The Morgan fingerprint density at radius 2 is 1.90 bits per heavy atom. The highest BCUT2D eigenvalue weighted by Crippen LogP contribution is 2.39. The monoisotopic (exact) mass is 430 g/mol. The van der Waals surface area contributed by atoms with E-state index in [1.165, 1.54) is 24.2 Å². The van der Waals surface area contributed by atoms with Crippen LogP contribution in [0.15, 0.2) is 6.07 Å². The number of thiophene rings is 1. The normalized spacial score (nSPS) is 17.9. The number of H-pyrrole nitrogens is 1. The molecule has 0 radical (unpaired) electrons. The molecule has 1 saturated carbocycles. The van der Waals surface area contributed by atoms with Gasteiger partial charge in [0.1, 0.15) is 10.7 Å². The number of nitrogens with zero attached hydrogens (tertiary/aromatic N) is 5. The van der Waals surface area contributed by atoms with E-state index in [1.54, 1.807) is 11.3 Å². The Morgan fingerprint density at radius 1 is 1.14 bits per heavy atom. The third-order valence-corrected chi connectivity index (χ3v) is 8.16. The van der Waals surface area contributed by atoms with Crippen molar-refractivity contribution in [1.29, 1.82) is 0 Å². The van der Waals surface area contributed by atoms with Crippen molar-refractivity contribution in [2.24, 2.45) is 0 Å². The van der Waals surface area contributed by atoms with E-state index >= 15 is 0 Å². The second-order valence-corrected chi connectivity index (χ2v) is 9.91. The average Bonchev–Trinajstić information content (AvgIpc) is 3.15. The van der Waals surface area contributed by atoms with Gasteiger partial charge in [0, 0.05) is 38.0 Å². The Bertz CT molecular complexity index is 976. The molecule has 5 rings (SSSR count). The number of nitrogens with one attached hydrogen (secondary N) is 1. The van der Waals surface area contributed by atoms with Gasteiger partial charge in [-0.15, -0.1) is 11.3 Å². The minimum Gasteiger partial charge on any atom is -0.349 e. The third-order valence-electron chi connectivity index (χ3n) is 5.95. The summed E-state index contributed by atoms with van der Waals surface area (Å²) in [5.41, 5.74) is 0. The fraction of sp³-hybridized carbons (Fsp3) is 0.600. The molecule has 7 nitrogen and oxygen atoms in total. The van der Waals surface area contributed by atoms with Crippen LogP contribution in [0.2, 0.25) is 0 Å². The molecule has 154 valence electrons. The Labute approximate surface area is 178 Å². The van der Waals surface area contributed by atoms with Crippen molar-refractivity contribution in [3.05, 3.63) is 22.6 Å². The molecule has 1 aliphatic heterocycles.